The third-order valence-electron chi connectivity index (χ3n) is 5.69. The van der Waals surface area contributed by atoms with E-state index in [1.807, 2.05) is 46.3 Å². The molecule has 158 valence electrons. The third kappa shape index (κ3) is 3.73. The molecular formula is C21H24N4O3S2. The molecule has 2 aliphatic rings. The minimum Gasteiger partial charge on any atom is -0.412 e. The standard InChI is InChI=1S/C21H22N4O2S2.H2O/c26-18(23-25-19(27)14-29-21(25)9-5-2-6-10-21)11-16-13-28-20-22-17(12-24(16)20)15-7-3-1-4-8-15;/h1,3-4,7-8,12-13H,2,5-6,9-11,14H2,(H,23,26);1H2. The van der Waals surface area contributed by atoms with E-state index in [1.54, 1.807) is 16.8 Å². The van der Waals surface area contributed by atoms with Crippen molar-refractivity contribution in [3.63, 3.8) is 0 Å². The zero-order chi connectivity index (χ0) is 19.8. The molecule has 3 N–H and O–H groups in total. The van der Waals surface area contributed by atoms with Gasteiger partial charge in [0, 0.05) is 22.8 Å². The summed E-state index contributed by atoms with van der Waals surface area (Å²) >= 11 is 3.21. The molecule has 1 saturated heterocycles. The van der Waals surface area contributed by atoms with Gasteiger partial charge in [-0.15, -0.1) is 23.1 Å². The number of amides is 2. The van der Waals surface area contributed by atoms with Crippen LogP contribution in [0.5, 0.6) is 0 Å². The molecule has 7 nitrogen and oxygen atoms in total. The molecule has 2 aromatic heterocycles. The highest BCUT2D eigenvalue weighted by Crippen LogP contribution is 2.46. The van der Waals surface area contributed by atoms with Gasteiger partial charge in [-0.1, -0.05) is 49.6 Å². The number of fused-ring (bicyclic) bond motifs is 1. The van der Waals surface area contributed by atoms with Crippen LogP contribution in [0.25, 0.3) is 16.2 Å². The molecule has 1 spiro atoms. The smallest absolute Gasteiger partial charge is 0.252 e. The van der Waals surface area contributed by atoms with Gasteiger partial charge in [-0.25, -0.2) is 9.99 Å². The molecule has 0 bridgehead atoms. The molecule has 9 heteroatoms. The maximum atomic E-state index is 12.8. The second kappa shape index (κ2) is 8.41. The normalized spacial score (nSPS) is 18.0. The number of imidazole rings is 1. The molecule has 1 aliphatic heterocycles. The highest BCUT2D eigenvalue weighted by Gasteiger charge is 2.47. The van der Waals surface area contributed by atoms with Gasteiger partial charge < -0.3 is 5.48 Å². The van der Waals surface area contributed by atoms with Gasteiger partial charge in [0.15, 0.2) is 4.96 Å². The number of aromatic nitrogens is 2. The van der Waals surface area contributed by atoms with Crippen LogP contribution in [0.3, 0.4) is 0 Å². The minimum atomic E-state index is -0.246. The predicted molar refractivity (Wildman–Crippen MR) is 119 cm³/mol. The average molecular weight is 445 g/mol. The lowest BCUT2D eigenvalue weighted by Crippen LogP contribution is -2.55. The Kier molecular flexibility index (Phi) is 5.86. The van der Waals surface area contributed by atoms with Crippen LogP contribution in [0.4, 0.5) is 0 Å². The van der Waals surface area contributed by atoms with E-state index in [1.165, 1.54) is 17.8 Å². The second-order valence-electron chi connectivity index (χ2n) is 7.61. The Bertz CT molecular complexity index is 1060. The first-order valence-electron chi connectivity index (χ1n) is 9.92. The van der Waals surface area contributed by atoms with E-state index in [0.29, 0.717) is 5.75 Å². The molecular weight excluding hydrogens is 420 g/mol. The quantitative estimate of drug-likeness (QED) is 0.669. The molecule has 1 saturated carbocycles. The summed E-state index contributed by atoms with van der Waals surface area (Å²) in [5.41, 5.74) is 5.76. The lowest BCUT2D eigenvalue weighted by Gasteiger charge is -2.40. The Morgan fingerprint density at radius 3 is 2.70 bits per heavy atom. The van der Waals surface area contributed by atoms with E-state index in [-0.39, 0.29) is 28.6 Å². The number of thioether (sulfide) groups is 1. The van der Waals surface area contributed by atoms with Crippen molar-refractivity contribution in [2.75, 3.05) is 5.75 Å². The number of nitrogens with zero attached hydrogens (tertiary/aromatic N) is 3. The summed E-state index contributed by atoms with van der Waals surface area (Å²) in [6.45, 7) is 0. The monoisotopic (exact) mass is 444 g/mol. The fraction of sp³-hybridized carbons (Fsp3) is 0.381. The van der Waals surface area contributed by atoms with Gasteiger partial charge in [0.25, 0.3) is 5.91 Å². The molecule has 1 aromatic carbocycles. The number of hydrazine groups is 1. The lowest BCUT2D eigenvalue weighted by atomic mass is 9.94. The van der Waals surface area contributed by atoms with Crippen LogP contribution in [0.2, 0.25) is 0 Å². The van der Waals surface area contributed by atoms with Crippen molar-refractivity contribution in [1.29, 1.82) is 0 Å². The summed E-state index contributed by atoms with van der Waals surface area (Å²) in [5, 5.41) is 3.60. The minimum absolute atomic E-state index is 0. The number of hydrogen-bond donors (Lipinski definition) is 1. The van der Waals surface area contributed by atoms with E-state index in [9.17, 15) is 9.59 Å². The number of thiazole rings is 1. The maximum Gasteiger partial charge on any atom is 0.252 e. The first kappa shape index (κ1) is 20.9. The molecule has 3 aromatic rings. The topological polar surface area (TPSA) is 98.2 Å². The first-order valence-corrected chi connectivity index (χ1v) is 11.8. The van der Waals surface area contributed by atoms with Crippen LogP contribution >= 0.6 is 23.1 Å². The van der Waals surface area contributed by atoms with E-state index in [4.69, 9.17) is 0 Å². The zero-order valence-electron chi connectivity index (χ0n) is 16.5. The first-order chi connectivity index (χ1) is 14.1. The Hall–Kier alpha value is -2.36. The predicted octanol–water partition coefficient (Wildman–Crippen LogP) is 3.05. The largest absolute Gasteiger partial charge is 0.412 e. The highest BCUT2D eigenvalue weighted by atomic mass is 32.2. The lowest BCUT2D eigenvalue weighted by molar-refractivity contribution is -0.142. The van der Waals surface area contributed by atoms with Gasteiger partial charge in [-0.3, -0.25) is 19.4 Å². The van der Waals surface area contributed by atoms with Gasteiger partial charge in [-0.2, -0.15) is 0 Å². The maximum absolute atomic E-state index is 12.8. The molecule has 5 rings (SSSR count). The SMILES string of the molecule is O.O=C(Cc1csc2nc(-c3ccccc3)cn12)NN1C(=O)CSC12CCCCC2. The second-order valence-corrected chi connectivity index (χ2v) is 9.78. The van der Waals surface area contributed by atoms with Gasteiger partial charge in [0.05, 0.1) is 17.9 Å². The van der Waals surface area contributed by atoms with Crippen LogP contribution in [-0.4, -0.2) is 42.3 Å². The molecule has 0 unspecified atom stereocenters. The van der Waals surface area contributed by atoms with Crippen molar-refractivity contribution < 1.29 is 15.1 Å². The van der Waals surface area contributed by atoms with Crippen molar-refractivity contribution in [3.8, 4) is 11.3 Å². The molecule has 0 radical (unpaired) electrons. The zero-order valence-corrected chi connectivity index (χ0v) is 18.1. The van der Waals surface area contributed by atoms with Crippen LogP contribution in [0.15, 0.2) is 41.9 Å². The molecule has 2 fully saturated rings. The Morgan fingerprint density at radius 2 is 1.93 bits per heavy atom. The number of carbonyl (C=O) groups excluding carboxylic acids is 2. The molecule has 3 heterocycles. The fourth-order valence-corrected chi connectivity index (χ4v) is 6.47. The van der Waals surface area contributed by atoms with Crippen molar-refractivity contribution in [3.05, 3.63) is 47.6 Å². The van der Waals surface area contributed by atoms with Gasteiger partial charge >= 0.3 is 0 Å². The van der Waals surface area contributed by atoms with Gasteiger partial charge in [0.1, 0.15) is 4.87 Å². The van der Waals surface area contributed by atoms with Gasteiger partial charge in [0.2, 0.25) is 5.91 Å². The third-order valence-corrected chi connectivity index (χ3v) is 8.10. The summed E-state index contributed by atoms with van der Waals surface area (Å²) in [7, 11) is 0. The molecule has 1 aliphatic carbocycles. The van der Waals surface area contributed by atoms with Crippen molar-refractivity contribution in [2.45, 2.75) is 43.4 Å². The van der Waals surface area contributed by atoms with Crippen LogP contribution < -0.4 is 5.43 Å². The van der Waals surface area contributed by atoms with E-state index < -0.39 is 0 Å². The Labute approximate surface area is 182 Å². The van der Waals surface area contributed by atoms with E-state index in [2.05, 4.69) is 10.4 Å². The number of benzene rings is 1. The summed E-state index contributed by atoms with van der Waals surface area (Å²) in [6.07, 6.45) is 7.51. The molecule has 0 atom stereocenters. The summed E-state index contributed by atoms with van der Waals surface area (Å²) in [4.78, 5) is 30.5. The summed E-state index contributed by atoms with van der Waals surface area (Å²) in [5.74, 6) is 0.306. The summed E-state index contributed by atoms with van der Waals surface area (Å²) in [6, 6.07) is 10.0. The van der Waals surface area contributed by atoms with Crippen LogP contribution in [0, 0.1) is 0 Å². The average Bonchev–Trinajstić information content (AvgIpc) is 3.41. The van der Waals surface area contributed by atoms with Crippen LogP contribution in [0.1, 0.15) is 37.8 Å². The number of carbonyl (C=O) groups is 2. The molecule has 2 amide bonds. The van der Waals surface area contributed by atoms with Crippen molar-refractivity contribution in [1.82, 2.24) is 19.8 Å². The van der Waals surface area contributed by atoms with Crippen LogP contribution in [-0.2, 0) is 16.0 Å². The van der Waals surface area contributed by atoms with Gasteiger partial charge in [-0.05, 0) is 12.8 Å². The van der Waals surface area contributed by atoms with Crippen molar-refractivity contribution in [2.24, 2.45) is 0 Å². The van der Waals surface area contributed by atoms with E-state index in [0.717, 1.165) is 47.6 Å². The number of hydrogen-bond acceptors (Lipinski definition) is 5. The number of nitrogens with one attached hydrogen (secondary N) is 1. The highest BCUT2D eigenvalue weighted by molar-refractivity contribution is 8.01. The Balaban J connectivity index is 0.00000218. The fourth-order valence-electron chi connectivity index (χ4n) is 4.22. The molecule has 30 heavy (non-hydrogen) atoms. The van der Waals surface area contributed by atoms with E-state index >= 15 is 0 Å². The summed E-state index contributed by atoms with van der Waals surface area (Å²) < 4.78 is 1.98. The Morgan fingerprint density at radius 1 is 1.17 bits per heavy atom. The number of rotatable bonds is 4. The van der Waals surface area contributed by atoms with Crippen molar-refractivity contribution >= 4 is 39.9 Å².